The SMILES string of the molecule is CC(C)c1cnn2ccc(-c3ccnc(Nc4ccc(C(=O)N5CC(O)C5)cc4)n3)cc12. The quantitative estimate of drug-likeness (QED) is 0.505. The van der Waals surface area contributed by atoms with Gasteiger partial charge in [0.05, 0.1) is 23.5 Å². The van der Waals surface area contributed by atoms with Crippen molar-refractivity contribution in [1.29, 1.82) is 0 Å². The monoisotopic (exact) mass is 428 g/mol. The van der Waals surface area contributed by atoms with Gasteiger partial charge in [-0.3, -0.25) is 4.79 Å². The van der Waals surface area contributed by atoms with Gasteiger partial charge in [0.15, 0.2) is 0 Å². The van der Waals surface area contributed by atoms with E-state index in [1.54, 1.807) is 23.2 Å². The number of amides is 1. The molecule has 3 aromatic heterocycles. The third-order valence-electron chi connectivity index (χ3n) is 5.66. The summed E-state index contributed by atoms with van der Waals surface area (Å²) < 4.78 is 1.88. The van der Waals surface area contributed by atoms with Crippen molar-refractivity contribution in [1.82, 2.24) is 24.5 Å². The Morgan fingerprint density at radius 3 is 2.66 bits per heavy atom. The molecule has 8 nitrogen and oxygen atoms in total. The van der Waals surface area contributed by atoms with Crippen LogP contribution in [0, 0.1) is 0 Å². The van der Waals surface area contributed by atoms with E-state index < -0.39 is 6.10 Å². The number of aromatic nitrogens is 4. The number of hydrogen-bond donors (Lipinski definition) is 2. The molecule has 1 fully saturated rings. The summed E-state index contributed by atoms with van der Waals surface area (Å²) in [6, 6.07) is 13.1. The highest BCUT2D eigenvalue weighted by molar-refractivity contribution is 5.95. The average molecular weight is 428 g/mol. The van der Waals surface area contributed by atoms with Crippen molar-refractivity contribution in [3.8, 4) is 11.3 Å². The highest BCUT2D eigenvalue weighted by Gasteiger charge is 2.29. The predicted octanol–water partition coefficient (Wildman–Crippen LogP) is 3.48. The van der Waals surface area contributed by atoms with Gasteiger partial charge in [0.25, 0.3) is 5.91 Å². The highest BCUT2D eigenvalue weighted by atomic mass is 16.3. The van der Waals surface area contributed by atoms with Gasteiger partial charge in [-0.15, -0.1) is 0 Å². The van der Waals surface area contributed by atoms with Crippen LogP contribution in [0.4, 0.5) is 11.6 Å². The minimum Gasteiger partial charge on any atom is -0.389 e. The van der Waals surface area contributed by atoms with E-state index in [-0.39, 0.29) is 5.91 Å². The van der Waals surface area contributed by atoms with Crippen molar-refractivity contribution < 1.29 is 9.90 Å². The average Bonchev–Trinajstić information content (AvgIpc) is 3.21. The zero-order chi connectivity index (χ0) is 22.2. The molecule has 1 aromatic carbocycles. The molecule has 2 N–H and O–H groups in total. The number of β-amino-alcohol motifs (C(OH)–C–C–N with tert-alkyl or cyclic N) is 1. The van der Waals surface area contributed by atoms with E-state index in [9.17, 15) is 9.90 Å². The Kier molecular flexibility index (Phi) is 5.07. The maximum Gasteiger partial charge on any atom is 0.254 e. The number of hydrogen-bond acceptors (Lipinski definition) is 6. The van der Waals surface area contributed by atoms with Crippen LogP contribution >= 0.6 is 0 Å². The van der Waals surface area contributed by atoms with Gasteiger partial charge >= 0.3 is 0 Å². The smallest absolute Gasteiger partial charge is 0.254 e. The fourth-order valence-electron chi connectivity index (χ4n) is 3.81. The van der Waals surface area contributed by atoms with Gasteiger partial charge in [0, 0.05) is 47.9 Å². The number of nitrogens with zero attached hydrogens (tertiary/aromatic N) is 5. The first-order valence-corrected chi connectivity index (χ1v) is 10.6. The lowest BCUT2D eigenvalue weighted by molar-refractivity contribution is 0.00590. The van der Waals surface area contributed by atoms with Crippen LogP contribution in [0.25, 0.3) is 16.8 Å². The number of aliphatic hydroxyl groups excluding tert-OH is 1. The summed E-state index contributed by atoms with van der Waals surface area (Å²) in [5.74, 6) is 0.785. The molecule has 1 aliphatic heterocycles. The molecule has 0 atom stereocenters. The molecule has 1 saturated heterocycles. The van der Waals surface area contributed by atoms with Crippen molar-refractivity contribution in [2.24, 2.45) is 0 Å². The first-order chi connectivity index (χ1) is 15.5. The Morgan fingerprint density at radius 2 is 1.94 bits per heavy atom. The number of carbonyl (C=O) groups excluding carboxylic acids is 1. The van der Waals surface area contributed by atoms with Crippen molar-refractivity contribution in [3.05, 3.63) is 72.2 Å². The topological polar surface area (TPSA) is 95.7 Å². The van der Waals surface area contributed by atoms with Crippen LogP contribution in [-0.4, -0.2) is 54.7 Å². The van der Waals surface area contributed by atoms with Crippen molar-refractivity contribution in [2.45, 2.75) is 25.9 Å². The lowest BCUT2D eigenvalue weighted by Crippen LogP contribution is -2.53. The number of carbonyl (C=O) groups is 1. The van der Waals surface area contributed by atoms with E-state index in [2.05, 4.69) is 40.3 Å². The van der Waals surface area contributed by atoms with Gasteiger partial charge in [0.1, 0.15) is 0 Å². The van der Waals surface area contributed by atoms with Crippen LogP contribution in [0.5, 0.6) is 0 Å². The zero-order valence-electron chi connectivity index (χ0n) is 17.9. The molecule has 0 radical (unpaired) electrons. The maximum absolute atomic E-state index is 12.3. The van der Waals surface area contributed by atoms with Crippen LogP contribution in [-0.2, 0) is 0 Å². The molecule has 162 valence electrons. The van der Waals surface area contributed by atoms with Gasteiger partial charge < -0.3 is 15.3 Å². The van der Waals surface area contributed by atoms with Gasteiger partial charge in [-0.1, -0.05) is 13.8 Å². The maximum atomic E-state index is 12.3. The summed E-state index contributed by atoms with van der Waals surface area (Å²) >= 11 is 0. The van der Waals surface area contributed by atoms with Crippen molar-refractivity contribution in [2.75, 3.05) is 18.4 Å². The molecular formula is C24H24N6O2. The fourth-order valence-corrected chi connectivity index (χ4v) is 3.81. The van der Waals surface area contributed by atoms with E-state index in [0.717, 1.165) is 22.5 Å². The molecule has 0 bridgehead atoms. The first kappa shape index (κ1) is 20.1. The Hall–Kier alpha value is -3.78. The molecule has 1 aliphatic rings. The number of rotatable bonds is 5. The molecule has 0 unspecified atom stereocenters. The molecule has 1 amide bonds. The van der Waals surface area contributed by atoms with Crippen LogP contribution in [0.1, 0.15) is 35.7 Å². The van der Waals surface area contributed by atoms with E-state index >= 15 is 0 Å². The molecule has 0 aliphatic carbocycles. The van der Waals surface area contributed by atoms with Gasteiger partial charge in [-0.05, 0) is 48.4 Å². The Morgan fingerprint density at radius 1 is 1.16 bits per heavy atom. The summed E-state index contributed by atoms with van der Waals surface area (Å²) in [5, 5.41) is 17.0. The zero-order valence-corrected chi connectivity index (χ0v) is 17.9. The molecular weight excluding hydrogens is 404 g/mol. The minimum atomic E-state index is -0.407. The Labute approximate surface area is 185 Å². The number of fused-ring (bicyclic) bond motifs is 1. The lowest BCUT2D eigenvalue weighted by Gasteiger charge is -2.35. The van der Waals surface area contributed by atoms with Crippen LogP contribution in [0.3, 0.4) is 0 Å². The molecule has 4 heterocycles. The standard InChI is InChI=1S/C24H24N6O2/c1-15(2)20-12-26-30-10-8-17(11-22(20)30)21-7-9-25-24(28-21)27-18-5-3-16(4-6-18)23(32)29-13-19(31)14-29/h3-12,15,19,31H,13-14H2,1-2H3,(H,25,27,28). The number of benzene rings is 1. The molecule has 0 saturated carbocycles. The summed E-state index contributed by atoms with van der Waals surface area (Å²) in [7, 11) is 0. The summed E-state index contributed by atoms with van der Waals surface area (Å²) in [5.41, 5.74) is 5.44. The lowest BCUT2D eigenvalue weighted by atomic mass is 10.0. The van der Waals surface area contributed by atoms with Crippen LogP contribution < -0.4 is 5.32 Å². The Balaban J connectivity index is 1.35. The predicted molar refractivity (Wildman–Crippen MR) is 122 cm³/mol. The molecule has 0 spiro atoms. The fraction of sp³-hybridized carbons (Fsp3) is 0.250. The second-order valence-electron chi connectivity index (χ2n) is 8.33. The van der Waals surface area contributed by atoms with Gasteiger partial charge in [-0.2, -0.15) is 5.10 Å². The summed E-state index contributed by atoms with van der Waals surface area (Å²) in [6.45, 7) is 5.09. The number of anilines is 2. The van der Waals surface area contributed by atoms with Crippen LogP contribution in [0.2, 0.25) is 0 Å². The second kappa shape index (κ2) is 8.05. The van der Waals surface area contributed by atoms with E-state index in [0.29, 0.717) is 30.5 Å². The molecule has 4 aromatic rings. The summed E-state index contributed by atoms with van der Waals surface area (Å²) in [6.07, 6.45) is 5.17. The van der Waals surface area contributed by atoms with Crippen LogP contribution in [0.15, 0.2) is 61.1 Å². The van der Waals surface area contributed by atoms with E-state index in [4.69, 9.17) is 0 Å². The Bertz CT molecular complexity index is 1280. The van der Waals surface area contributed by atoms with Crippen molar-refractivity contribution in [3.63, 3.8) is 0 Å². The van der Waals surface area contributed by atoms with Crippen molar-refractivity contribution >= 4 is 23.1 Å². The third-order valence-corrected chi connectivity index (χ3v) is 5.66. The highest BCUT2D eigenvalue weighted by Crippen LogP contribution is 2.26. The number of pyridine rings is 1. The molecule has 5 rings (SSSR count). The number of aliphatic hydroxyl groups is 1. The minimum absolute atomic E-state index is 0.0730. The van der Waals surface area contributed by atoms with E-state index in [1.165, 1.54) is 5.56 Å². The molecule has 8 heteroatoms. The summed E-state index contributed by atoms with van der Waals surface area (Å²) in [4.78, 5) is 23.0. The number of likely N-dealkylation sites (tertiary alicyclic amines) is 1. The second-order valence-corrected chi connectivity index (χ2v) is 8.33. The van der Waals surface area contributed by atoms with Gasteiger partial charge in [0.2, 0.25) is 5.95 Å². The van der Waals surface area contributed by atoms with Gasteiger partial charge in [-0.25, -0.2) is 14.5 Å². The van der Waals surface area contributed by atoms with E-state index in [1.807, 2.05) is 41.2 Å². The number of nitrogens with one attached hydrogen (secondary N) is 1. The first-order valence-electron chi connectivity index (χ1n) is 10.6. The largest absolute Gasteiger partial charge is 0.389 e. The third kappa shape index (κ3) is 3.80. The molecule has 32 heavy (non-hydrogen) atoms. The normalized spacial score (nSPS) is 14.1.